The van der Waals surface area contributed by atoms with Gasteiger partial charge >= 0.3 is 12.2 Å². The second kappa shape index (κ2) is 7.00. The van der Waals surface area contributed by atoms with E-state index in [9.17, 15) is 18.0 Å². The van der Waals surface area contributed by atoms with Crippen LogP contribution in [0.3, 0.4) is 0 Å². The van der Waals surface area contributed by atoms with E-state index in [4.69, 9.17) is 4.74 Å². The molecule has 1 fully saturated rings. The zero-order chi connectivity index (χ0) is 17.2. The highest BCUT2D eigenvalue weighted by Gasteiger charge is 2.35. The van der Waals surface area contributed by atoms with E-state index in [0.29, 0.717) is 50.8 Å². The van der Waals surface area contributed by atoms with Crippen LogP contribution in [-0.2, 0) is 23.9 Å². The van der Waals surface area contributed by atoms with E-state index in [0.717, 1.165) is 19.2 Å². The number of nitrogens with one attached hydrogen (secondary N) is 2. The summed E-state index contributed by atoms with van der Waals surface area (Å²) < 4.78 is 44.9. The van der Waals surface area contributed by atoms with Crippen LogP contribution in [0.4, 0.5) is 18.0 Å². The topological polar surface area (TPSA) is 68.2 Å². The summed E-state index contributed by atoms with van der Waals surface area (Å²) in [5, 5.41) is 5.61. The first-order chi connectivity index (χ1) is 11.4. The third kappa shape index (κ3) is 4.19. The Hall–Kier alpha value is -1.77. The molecule has 2 aliphatic heterocycles. The van der Waals surface area contributed by atoms with Gasteiger partial charge in [0.05, 0.1) is 6.61 Å². The molecule has 9 heteroatoms. The molecule has 3 heterocycles. The number of fused-ring (bicyclic) bond motifs is 1. The molecule has 0 spiro atoms. The number of nitrogens with zero attached hydrogens (tertiary/aromatic N) is 2. The number of hydrogen-bond acceptors (Lipinski definition) is 3. The molecule has 1 aromatic heterocycles. The van der Waals surface area contributed by atoms with Gasteiger partial charge in [-0.2, -0.15) is 13.2 Å². The number of carbonyl (C=O) groups excluding carboxylic acids is 1. The number of ether oxygens (including phenoxy) is 1. The molecule has 0 saturated carbocycles. The number of hydrogen-bond donors (Lipinski definition) is 2. The molecule has 0 aromatic carbocycles. The Kier molecular flexibility index (Phi) is 4.98. The lowest BCUT2D eigenvalue weighted by Gasteiger charge is -2.24. The highest BCUT2D eigenvalue weighted by Crippen LogP contribution is 2.30. The number of amides is 2. The van der Waals surface area contributed by atoms with E-state index in [-0.39, 0.29) is 11.9 Å². The van der Waals surface area contributed by atoms with Gasteiger partial charge < -0.3 is 19.9 Å². The maximum atomic E-state index is 12.7. The van der Waals surface area contributed by atoms with E-state index in [2.05, 4.69) is 15.6 Å². The number of aryl methyl sites for hydroxylation is 1. The van der Waals surface area contributed by atoms with E-state index in [1.54, 1.807) is 4.57 Å². The molecule has 1 aromatic rings. The van der Waals surface area contributed by atoms with Gasteiger partial charge in [0.25, 0.3) is 0 Å². The van der Waals surface area contributed by atoms with Gasteiger partial charge in [0.15, 0.2) is 5.69 Å². The first-order valence-electron chi connectivity index (χ1n) is 8.14. The number of alkyl halides is 3. The van der Waals surface area contributed by atoms with E-state index >= 15 is 0 Å². The number of rotatable bonds is 4. The highest BCUT2D eigenvalue weighted by atomic mass is 19.4. The number of urea groups is 1. The van der Waals surface area contributed by atoms with Crippen molar-refractivity contribution in [3.63, 3.8) is 0 Å². The second-order valence-corrected chi connectivity index (χ2v) is 6.42. The van der Waals surface area contributed by atoms with Crippen LogP contribution < -0.4 is 10.6 Å². The molecule has 0 radical (unpaired) electrons. The average molecular weight is 346 g/mol. The Morgan fingerprint density at radius 2 is 2.04 bits per heavy atom. The monoisotopic (exact) mass is 346 g/mol. The van der Waals surface area contributed by atoms with Crippen molar-refractivity contribution in [1.29, 1.82) is 0 Å². The van der Waals surface area contributed by atoms with Crippen LogP contribution in [0.2, 0.25) is 0 Å². The molecule has 0 unspecified atom stereocenters. The number of carbonyl (C=O) groups is 1. The zero-order valence-electron chi connectivity index (χ0n) is 13.2. The molecular weight excluding hydrogens is 325 g/mol. The van der Waals surface area contributed by atoms with Crippen LogP contribution in [0.25, 0.3) is 0 Å². The quantitative estimate of drug-likeness (QED) is 0.874. The summed E-state index contributed by atoms with van der Waals surface area (Å²) >= 11 is 0. The van der Waals surface area contributed by atoms with Gasteiger partial charge in [0, 0.05) is 44.8 Å². The average Bonchev–Trinajstić information content (AvgIpc) is 3.18. The molecule has 3 rings (SSSR count). The number of aromatic nitrogens is 2. The summed E-state index contributed by atoms with van der Waals surface area (Å²) in [7, 11) is 0. The second-order valence-electron chi connectivity index (χ2n) is 6.42. The predicted molar refractivity (Wildman–Crippen MR) is 79.4 cm³/mol. The van der Waals surface area contributed by atoms with Crippen LogP contribution in [0.5, 0.6) is 0 Å². The molecule has 2 N–H and O–H groups in total. The van der Waals surface area contributed by atoms with Gasteiger partial charge in [-0.25, -0.2) is 9.78 Å². The molecule has 24 heavy (non-hydrogen) atoms. The third-order valence-corrected chi connectivity index (χ3v) is 4.51. The molecule has 134 valence electrons. The first kappa shape index (κ1) is 17.1. The predicted octanol–water partition coefficient (Wildman–Crippen LogP) is 1.80. The van der Waals surface area contributed by atoms with E-state index in [1.807, 2.05) is 0 Å². The lowest BCUT2D eigenvalue weighted by Crippen LogP contribution is -2.41. The van der Waals surface area contributed by atoms with Crippen molar-refractivity contribution in [2.45, 2.75) is 32.0 Å². The van der Waals surface area contributed by atoms with Gasteiger partial charge in [-0.05, 0) is 18.8 Å². The maximum absolute atomic E-state index is 12.7. The normalized spacial score (nSPS) is 23.8. The Bertz CT molecular complexity index is 582. The van der Waals surface area contributed by atoms with Gasteiger partial charge in [0.2, 0.25) is 0 Å². The fourth-order valence-corrected chi connectivity index (χ4v) is 3.10. The standard InChI is InChI=1S/C15H21F3N4O2/c16-15(17,18)12-8-22-7-10(1-2-13(22)21-12)5-19-14(23)20-6-11-3-4-24-9-11/h8,10-11H,1-7,9H2,(H2,19,20,23)/t10-,11+/m0/s1. The van der Waals surface area contributed by atoms with Crippen molar-refractivity contribution in [3.05, 3.63) is 17.7 Å². The molecule has 0 bridgehead atoms. The van der Waals surface area contributed by atoms with E-state index < -0.39 is 11.9 Å². The van der Waals surface area contributed by atoms with Crippen LogP contribution >= 0.6 is 0 Å². The van der Waals surface area contributed by atoms with Gasteiger partial charge in [-0.15, -0.1) is 0 Å². The van der Waals surface area contributed by atoms with Gasteiger partial charge in [-0.3, -0.25) is 0 Å². The molecule has 1 saturated heterocycles. The van der Waals surface area contributed by atoms with Gasteiger partial charge in [0.1, 0.15) is 5.82 Å². The zero-order valence-corrected chi connectivity index (χ0v) is 13.2. The smallest absolute Gasteiger partial charge is 0.381 e. The summed E-state index contributed by atoms with van der Waals surface area (Å²) in [6, 6.07) is -0.241. The summed E-state index contributed by atoms with van der Waals surface area (Å²) in [5.74, 6) is 0.928. The van der Waals surface area contributed by atoms with Crippen LogP contribution in [-0.4, -0.2) is 41.9 Å². The minimum Gasteiger partial charge on any atom is -0.381 e. The fraction of sp³-hybridized carbons (Fsp3) is 0.733. The Morgan fingerprint density at radius 3 is 2.71 bits per heavy atom. The molecule has 2 atom stereocenters. The Balaban J connectivity index is 1.44. The first-order valence-corrected chi connectivity index (χ1v) is 8.14. The summed E-state index contributed by atoms with van der Waals surface area (Å²) in [5.41, 5.74) is -0.845. The van der Waals surface area contributed by atoms with Gasteiger partial charge in [-0.1, -0.05) is 0 Å². The lowest BCUT2D eigenvalue weighted by atomic mass is 9.99. The molecular formula is C15H21F3N4O2. The van der Waals surface area contributed by atoms with Crippen LogP contribution in [0, 0.1) is 11.8 Å². The number of imidazole rings is 1. The van der Waals surface area contributed by atoms with Crippen LogP contribution in [0.15, 0.2) is 6.20 Å². The van der Waals surface area contributed by atoms with Crippen molar-refractivity contribution >= 4 is 6.03 Å². The molecule has 6 nitrogen and oxygen atoms in total. The van der Waals surface area contributed by atoms with E-state index in [1.165, 1.54) is 0 Å². The van der Waals surface area contributed by atoms with Crippen molar-refractivity contribution < 1.29 is 22.7 Å². The number of halogens is 3. The summed E-state index contributed by atoms with van der Waals surface area (Å²) in [6.45, 7) is 2.87. The minimum absolute atomic E-state index is 0.105. The van der Waals surface area contributed by atoms with Crippen molar-refractivity contribution in [2.24, 2.45) is 11.8 Å². The van der Waals surface area contributed by atoms with Crippen LogP contribution in [0.1, 0.15) is 24.4 Å². The summed E-state index contributed by atoms with van der Waals surface area (Å²) in [6.07, 6.45) is -1.20. The maximum Gasteiger partial charge on any atom is 0.434 e. The molecule has 0 aliphatic carbocycles. The fourth-order valence-electron chi connectivity index (χ4n) is 3.10. The van der Waals surface area contributed by atoms with Crippen molar-refractivity contribution in [3.8, 4) is 0 Å². The molecule has 2 aliphatic rings. The Labute approximate surface area is 137 Å². The van der Waals surface area contributed by atoms with Crippen molar-refractivity contribution in [1.82, 2.24) is 20.2 Å². The van der Waals surface area contributed by atoms with Crippen molar-refractivity contribution in [2.75, 3.05) is 26.3 Å². The largest absolute Gasteiger partial charge is 0.434 e. The summed E-state index contributed by atoms with van der Waals surface area (Å²) in [4.78, 5) is 15.4. The minimum atomic E-state index is -4.41. The Morgan fingerprint density at radius 1 is 1.29 bits per heavy atom. The third-order valence-electron chi connectivity index (χ3n) is 4.51. The highest BCUT2D eigenvalue weighted by molar-refractivity contribution is 5.73. The SMILES string of the molecule is O=C(NC[C@H]1CCOC1)NC[C@@H]1CCc2nc(C(F)(F)F)cn2C1. The lowest BCUT2D eigenvalue weighted by molar-refractivity contribution is -0.141. The molecule has 2 amide bonds.